The highest BCUT2D eigenvalue weighted by Gasteiger charge is 2.47. The number of hydrogen-bond donors (Lipinski definition) is 1. The number of carboxylic acids is 1. The van der Waals surface area contributed by atoms with Crippen molar-refractivity contribution in [3.8, 4) is 5.75 Å². The van der Waals surface area contributed by atoms with E-state index >= 15 is 0 Å². The molecule has 0 unspecified atom stereocenters. The molecule has 5 heteroatoms. The molecule has 0 spiro atoms. The first kappa shape index (κ1) is 24.5. The van der Waals surface area contributed by atoms with Crippen LogP contribution in [-0.2, 0) is 20.7 Å². The van der Waals surface area contributed by atoms with E-state index in [1.165, 1.54) is 50.5 Å². The van der Waals surface area contributed by atoms with Crippen LogP contribution in [0.1, 0.15) is 82.6 Å². The molecule has 1 aromatic carbocycles. The van der Waals surface area contributed by atoms with Gasteiger partial charge in [-0.1, -0.05) is 31.4 Å². The molecule has 0 aromatic heterocycles. The van der Waals surface area contributed by atoms with Gasteiger partial charge in [-0.15, -0.1) is 0 Å². The highest BCUT2D eigenvalue weighted by Crippen LogP contribution is 2.47. The van der Waals surface area contributed by atoms with Gasteiger partial charge in [-0.05, 0) is 93.2 Å². The summed E-state index contributed by atoms with van der Waals surface area (Å²) in [6.07, 6.45) is 15.2. The minimum Gasteiger partial charge on any atom is -0.494 e. The van der Waals surface area contributed by atoms with E-state index in [1.807, 2.05) is 6.07 Å². The van der Waals surface area contributed by atoms with Gasteiger partial charge in [0.1, 0.15) is 5.75 Å². The number of aryl methyl sites for hydroxylation is 1. The molecule has 3 aliphatic rings. The largest absolute Gasteiger partial charge is 0.494 e. The number of ether oxygens (including phenoxy) is 3. The first-order valence-corrected chi connectivity index (χ1v) is 13.4. The van der Waals surface area contributed by atoms with Crippen LogP contribution in [0, 0.1) is 17.8 Å². The van der Waals surface area contributed by atoms with Crippen LogP contribution in [0.3, 0.4) is 0 Å². The summed E-state index contributed by atoms with van der Waals surface area (Å²) in [6, 6.07) is 8.39. The zero-order valence-corrected chi connectivity index (χ0v) is 20.1. The normalized spacial score (nSPS) is 27.2. The van der Waals surface area contributed by atoms with Gasteiger partial charge in [0.2, 0.25) is 0 Å². The standard InChI is InChI=1S/C28H42O5/c29-28(30)11-4-5-17-32-23-10-6-9-21(19-23)12-13-24-25(27-15-14-26(24)33-27)16-18-31-20-22-7-2-1-3-8-22/h6,9-10,19,22,24-27H,1-5,7-8,11-18,20H2,(H,29,30)/t24-,25+,26-,27+/m1/s1. The Hall–Kier alpha value is -1.59. The fourth-order valence-corrected chi connectivity index (χ4v) is 6.19. The molecule has 1 N–H and O–H groups in total. The van der Waals surface area contributed by atoms with E-state index in [4.69, 9.17) is 19.3 Å². The van der Waals surface area contributed by atoms with E-state index in [0.29, 0.717) is 37.1 Å². The lowest BCUT2D eigenvalue weighted by atomic mass is 9.75. The van der Waals surface area contributed by atoms with Gasteiger partial charge in [0.05, 0.1) is 18.8 Å². The zero-order valence-electron chi connectivity index (χ0n) is 20.1. The Morgan fingerprint density at radius 3 is 2.55 bits per heavy atom. The number of hydrogen-bond acceptors (Lipinski definition) is 4. The van der Waals surface area contributed by atoms with Crippen LogP contribution >= 0.6 is 0 Å². The predicted octanol–water partition coefficient (Wildman–Crippen LogP) is 6.03. The second-order valence-electron chi connectivity index (χ2n) is 10.4. The fourth-order valence-electron chi connectivity index (χ4n) is 6.19. The number of benzene rings is 1. The average molecular weight is 459 g/mol. The number of carboxylic acid groups (broad SMARTS) is 1. The molecule has 1 saturated carbocycles. The molecule has 0 radical (unpaired) electrons. The summed E-state index contributed by atoms with van der Waals surface area (Å²) < 4.78 is 18.3. The predicted molar refractivity (Wildman–Crippen MR) is 129 cm³/mol. The van der Waals surface area contributed by atoms with E-state index < -0.39 is 5.97 Å². The molecule has 1 aliphatic carbocycles. The molecule has 2 aliphatic heterocycles. The van der Waals surface area contributed by atoms with Gasteiger partial charge in [0.25, 0.3) is 0 Å². The molecule has 33 heavy (non-hydrogen) atoms. The molecule has 4 rings (SSSR count). The zero-order chi connectivity index (χ0) is 22.9. The second-order valence-corrected chi connectivity index (χ2v) is 10.4. The minimum absolute atomic E-state index is 0.210. The van der Waals surface area contributed by atoms with E-state index in [9.17, 15) is 4.79 Å². The second kappa shape index (κ2) is 12.8. The van der Waals surface area contributed by atoms with Crippen LogP contribution in [0.5, 0.6) is 5.75 Å². The van der Waals surface area contributed by atoms with Crippen molar-refractivity contribution in [2.45, 2.75) is 95.7 Å². The van der Waals surface area contributed by atoms with Crippen LogP contribution < -0.4 is 4.74 Å². The highest BCUT2D eigenvalue weighted by atomic mass is 16.5. The molecule has 2 heterocycles. The van der Waals surface area contributed by atoms with Gasteiger partial charge in [-0.2, -0.15) is 0 Å². The van der Waals surface area contributed by atoms with Crippen LogP contribution in [0.4, 0.5) is 0 Å². The molecule has 0 amide bonds. The summed E-state index contributed by atoms with van der Waals surface area (Å²) in [5.41, 5.74) is 1.31. The Morgan fingerprint density at radius 2 is 1.76 bits per heavy atom. The molecule has 2 saturated heterocycles. The van der Waals surface area contributed by atoms with Crippen molar-refractivity contribution < 1.29 is 24.1 Å². The molecule has 2 bridgehead atoms. The monoisotopic (exact) mass is 458 g/mol. The maximum atomic E-state index is 10.6. The van der Waals surface area contributed by atoms with E-state index in [1.54, 1.807) is 0 Å². The lowest BCUT2D eigenvalue weighted by molar-refractivity contribution is -0.137. The van der Waals surface area contributed by atoms with Crippen molar-refractivity contribution in [2.24, 2.45) is 17.8 Å². The number of rotatable bonds is 14. The quantitative estimate of drug-likeness (QED) is 0.345. The van der Waals surface area contributed by atoms with Gasteiger partial charge in [0.15, 0.2) is 0 Å². The minimum atomic E-state index is -0.740. The number of carbonyl (C=O) groups is 1. The number of unbranched alkanes of at least 4 members (excludes halogenated alkanes) is 1. The van der Waals surface area contributed by atoms with Gasteiger partial charge >= 0.3 is 5.97 Å². The Labute approximate surface area is 199 Å². The third-order valence-electron chi connectivity index (χ3n) is 7.98. The van der Waals surface area contributed by atoms with Gasteiger partial charge < -0.3 is 19.3 Å². The Balaban J connectivity index is 1.19. The van der Waals surface area contributed by atoms with Crippen molar-refractivity contribution in [1.82, 2.24) is 0 Å². The molecule has 3 fully saturated rings. The van der Waals surface area contributed by atoms with Crippen LogP contribution in [0.25, 0.3) is 0 Å². The average Bonchev–Trinajstić information content (AvgIpc) is 3.43. The lowest BCUT2D eigenvalue weighted by Gasteiger charge is -2.28. The molecule has 1 aromatic rings. The van der Waals surface area contributed by atoms with E-state index in [-0.39, 0.29) is 6.42 Å². The molecule has 4 atom stereocenters. The van der Waals surface area contributed by atoms with Crippen molar-refractivity contribution >= 4 is 5.97 Å². The van der Waals surface area contributed by atoms with Crippen molar-refractivity contribution in [1.29, 1.82) is 0 Å². The Morgan fingerprint density at radius 1 is 0.970 bits per heavy atom. The van der Waals surface area contributed by atoms with Crippen LogP contribution in [-0.4, -0.2) is 43.1 Å². The summed E-state index contributed by atoms with van der Waals surface area (Å²) in [6.45, 7) is 2.41. The third-order valence-corrected chi connectivity index (χ3v) is 7.98. The highest BCUT2D eigenvalue weighted by molar-refractivity contribution is 5.66. The topological polar surface area (TPSA) is 65.0 Å². The number of aliphatic carboxylic acids is 1. The Bertz CT molecular complexity index is 729. The van der Waals surface area contributed by atoms with Crippen LogP contribution in [0.2, 0.25) is 0 Å². The van der Waals surface area contributed by atoms with Crippen molar-refractivity contribution in [3.05, 3.63) is 29.8 Å². The summed E-state index contributed by atoms with van der Waals surface area (Å²) in [7, 11) is 0. The van der Waals surface area contributed by atoms with Gasteiger partial charge in [0, 0.05) is 19.6 Å². The fraction of sp³-hybridized carbons (Fsp3) is 0.750. The molecular formula is C28H42O5. The molecular weight excluding hydrogens is 416 g/mol. The van der Waals surface area contributed by atoms with E-state index in [2.05, 4.69) is 18.2 Å². The van der Waals surface area contributed by atoms with Crippen LogP contribution in [0.15, 0.2) is 24.3 Å². The summed E-state index contributed by atoms with van der Waals surface area (Å²) >= 11 is 0. The first-order chi connectivity index (χ1) is 16.2. The first-order valence-electron chi connectivity index (χ1n) is 13.4. The summed E-state index contributed by atoms with van der Waals surface area (Å²) in [4.78, 5) is 10.6. The SMILES string of the molecule is O=C(O)CCCCOc1cccc(CC[C@@H]2[C@H](CCOCC3CCCCC3)[C@@H]3CC[C@H]2O3)c1. The van der Waals surface area contributed by atoms with Gasteiger partial charge in [-0.25, -0.2) is 0 Å². The third kappa shape index (κ3) is 7.45. The molecule has 184 valence electrons. The lowest BCUT2D eigenvalue weighted by Crippen LogP contribution is -2.29. The van der Waals surface area contributed by atoms with Gasteiger partial charge in [-0.3, -0.25) is 4.79 Å². The molecule has 5 nitrogen and oxygen atoms in total. The van der Waals surface area contributed by atoms with E-state index in [0.717, 1.165) is 50.6 Å². The number of fused-ring (bicyclic) bond motifs is 2. The maximum Gasteiger partial charge on any atom is 0.303 e. The Kier molecular flexibility index (Phi) is 9.48. The summed E-state index contributed by atoms with van der Waals surface area (Å²) in [5, 5.41) is 8.73. The van der Waals surface area contributed by atoms with Crippen molar-refractivity contribution in [3.63, 3.8) is 0 Å². The summed E-state index contributed by atoms with van der Waals surface area (Å²) in [5.74, 6) is 2.22. The van der Waals surface area contributed by atoms with Crippen molar-refractivity contribution in [2.75, 3.05) is 19.8 Å². The smallest absolute Gasteiger partial charge is 0.303 e. The maximum absolute atomic E-state index is 10.6.